The first-order chi connectivity index (χ1) is 7.66. The molecule has 1 aromatic rings. The molecule has 0 fully saturated rings. The fourth-order valence-electron chi connectivity index (χ4n) is 1.16. The van der Waals surface area contributed by atoms with Gasteiger partial charge in [0.2, 0.25) is 0 Å². The number of amides is 1. The fourth-order valence-corrected chi connectivity index (χ4v) is 1.88. The summed E-state index contributed by atoms with van der Waals surface area (Å²) < 4.78 is 36.6. The molecule has 17 heavy (non-hydrogen) atoms. The van der Waals surface area contributed by atoms with Crippen LogP contribution in [-0.2, 0) is 6.18 Å². The van der Waals surface area contributed by atoms with Gasteiger partial charge in [0.25, 0.3) is 11.6 Å². The molecule has 0 atom stereocenters. The minimum atomic E-state index is -4.76. The van der Waals surface area contributed by atoms with Crippen molar-refractivity contribution in [2.75, 3.05) is 0 Å². The lowest BCUT2D eigenvalue weighted by Gasteiger charge is -2.10. The van der Waals surface area contributed by atoms with Crippen LogP contribution in [0.25, 0.3) is 0 Å². The van der Waals surface area contributed by atoms with Crippen molar-refractivity contribution in [3.05, 3.63) is 37.8 Å². The number of hydrogen-bond acceptors (Lipinski definition) is 3. The zero-order chi connectivity index (χ0) is 13.4. The van der Waals surface area contributed by atoms with E-state index in [-0.39, 0.29) is 0 Å². The van der Waals surface area contributed by atoms with Gasteiger partial charge >= 0.3 is 6.18 Å². The van der Waals surface area contributed by atoms with Gasteiger partial charge in [0.1, 0.15) is 10.0 Å². The summed E-state index contributed by atoms with van der Waals surface area (Å²) in [4.78, 5) is 20.4. The van der Waals surface area contributed by atoms with Gasteiger partial charge in [-0.15, -0.1) is 0 Å². The highest BCUT2D eigenvalue weighted by atomic mass is 79.9. The van der Waals surface area contributed by atoms with E-state index >= 15 is 0 Å². The lowest BCUT2D eigenvalue weighted by Crippen LogP contribution is -2.16. The molecule has 0 bridgehead atoms. The topological polar surface area (TPSA) is 86.2 Å². The Labute approximate surface area is 101 Å². The zero-order valence-corrected chi connectivity index (χ0v) is 9.50. The molecule has 0 radical (unpaired) electrons. The van der Waals surface area contributed by atoms with Crippen LogP contribution in [0.1, 0.15) is 15.9 Å². The molecule has 0 aliphatic rings. The summed E-state index contributed by atoms with van der Waals surface area (Å²) in [5.74, 6) is -1.17. The minimum absolute atomic E-state index is 0.553. The molecule has 5 nitrogen and oxygen atoms in total. The molecule has 9 heteroatoms. The molecular weight excluding hydrogens is 309 g/mol. The van der Waals surface area contributed by atoms with E-state index in [1.165, 1.54) is 0 Å². The number of benzene rings is 1. The van der Waals surface area contributed by atoms with Crippen LogP contribution >= 0.6 is 15.9 Å². The number of alkyl halides is 3. The Kier molecular flexibility index (Phi) is 3.41. The maximum Gasteiger partial charge on any atom is 0.417 e. The van der Waals surface area contributed by atoms with E-state index < -0.39 is 38.3 Å². The number of nitrogens with zero attached hydrogens (tertiary/aromatic N) is 1. The highest BCUT2D eigenvalue weighted by Gasteiger charge is 2.37. The number of carbonyl (C=O) groups excluding carboxylic acids is 1. The number of nitrogens with two attached hydrogens (primary N) is 1. The average Bonchev–Trinajstić information content (AvgIpc) is 2.13. The summed E-state index contributed by atoms with van der Waals surface area (Å²) in [6.45, 7) is 0. The average molecular weight is 313 g/mol. The van der Waals surface area contributed by atoms with Gasteiger partial charge in [-0.3, -0.25) is 14.9 Å². The lowest BCUT2D eigenvalue weighted by atomic mass is 10.1. The summed E-state index contributed by atoms with van der Waals surface area (Å²) in [5.41, 5.74) is 2.01. The van der Waals surface area contributed by atoms with Gasteiger partial charge in [-0.1, -0.05) is 0 Å². The summed E-state index contributed by atoms with van der Waals surface area (Å²) in [6.07, 6.45) is -4.76. The van der Waals surface area contributed by atoms with E-state index in [1.54, 1.807) is 0 Å². The van der Waals surface area contributed by atoms with Crippen molar-refractivity contribution in [1.82, 2.24) is 0 Å². The molecule has 92 valence electrons. The van der Waals surface area contributed by atoms with Crippen molar-refractivity contribution < 1.29 is 22.9 Å². The van der Waals surface area contributed by atoms with E-state index in [0.29, 0.717) is 12.1 Å². The predicted octanol–water partition coefficient (Wildman–Crippen LogP) is 2.48. The van der Waals surface area contributed by atoms with E-state index in [2.05, 4.69) is 15.9 Å². The summed E-state index contributed by atoms with van der Waals surface area (Å²) in [5, 5.41) is 10.6. The van der Waals surface area contributed by atoms with Crippen molar-refractivity contribution in [2.45, 2.75) is 6.18 Å². The first-order valence-corrected chi connectivity index (χ1v) is 4.79. The van der Waals surface area contributed by atoms with Gasteiger partial charge < -0.3 is 5.73 Å². The smallest absolute Gasteiger partial charge is 0.365 e. The third kappa shape index (κ3) is 2.54. The third-order valence-electron chi connectivity index (χ3n) is 1.87. The normalized spacial score (nSPS) is 11.3. The molecule has 0 aliphatic carbocycles. The van der Waals surface area contributed by atoms with Crippen LogP contribution in [-0.4, -0.2) is 10.8 Å². The zero-order valence-electron chi connectivity index (χ0n) is 7.92. The van der Waals surface area contributed by atoms with E-state index in [1.807, 2.05) is 0 Å². The highest BCUT2D eigenvalue weighted by molar-refractivity contribution is 9.10. The van der Waals surface area contributed by atoms with Crippen LogP contribution in [0.5, 0.6) is 0 Å². The van der Waals surface area contributed by atoms with Crippen LogP contribution in [0.3, 0.4) is 0 Å². The van der Waals surface area contributed by atoms with Gasteiger partial charge in [-0.25, -0.2) is 0 Å². The molecule has 0 aromatic heterocycles. The van der Waals surface area contributed by atoms with Gasteiger partial charge in [-0.2, -0.15) is 13.2 Å². The number of rotatable bonds is 2. The molecule has 0 spiro atoms. The number of carbonyl (C=O) groups is 1. The van der Waals surface area contributed by atoms with E-state index in [9.17, 15) is 28.1 Å². The third-order valence-corrected chi connectivity index (χ3v) is 2.67. The van der Waals surface area contributed by atoms with Gasteiger partial charge in [0.05, 0.1) is 10.5 Å². The monoisotopic (exact) mass is 312 g/mol. The standard InChI is InChI=1S/C8H4BrF3N2O3/c9-5-4(8(10,11)12)2-1-3(7(13)15)6(5)14(16)17/h1-2H,(H2,13,15). The van der Waals surface area contributed by atoms with E-state index in [4.69, 9.17) is 5.73 Å². The van der Waals surface area contributed by atoms with Gasteiger partial charge in [-0.05, 0) is 28.1 Å². The Balaban J connectivity index is 3.61. The summed E-state index contributed by atoms with van der Waals surface area (Å²) >= 11 is 2.47. The number of nitro groups is 1. The van der Waals surface area contributed by atoms with Crippen molar-refractivity contribution in [3.63, 3.8) is 0 Å². The van der Waals surface area contributed by atoms with Crippen LogP contribution in [0.15, 0.2) is 16.6 Å². The van der Waals surface area contributed by atoms with E-state index in [0.717, 1.165) is 0 Å². The minimum Gasteiger partial charge on any atom is -0.365 e. The maximum atomic E-state index is 12.5. The Morgan fingerprint density at radius 2 is 1.94 bits per heavy atom. The molecular formula is C8H4BrF3N2O3. The SMILES string of the molecule is NC(=O)c1ccc(C(F)(F)F)c(Br)c1[N+](=O)[O-]. The molecule has 0 saturated heterocycles. The van der Waals surface area contributed by atoms with Crippen molar-refractivity contribution >= 4 is 27.5 Å². The number of hydrogen-bond donors (Lipinski definition) is 1. The van der Waals surface area contributed by atoms with Crippen LogP contribution in [0, 0.1) is 10.1 Å². The maximum absolute atomic E-state index is 12.5. The number of nitro benzene ring substituents is 1. The Morgan fingerprint density at radius 3 is 2.29 bits per heavy atom. The number of halogens is 4. The van der Waals surface area contributed by atoms with Crippen molar-refractivity contribution in [2.24, 2.45) is 5.73 Å². The van der Waals surface area contributed by atoms with Gasteiger partial charge in [0, 0.05) is 0 Å². The largest absolute Gasteiger partial charge is 0.417 e. The Bertz CT molecular complexity index is 502. The molecule has 0 heterocycles. The molecule has 1 aromatic carbocycles. The van der Waals surface area contributed by atoms with Gasteiger partial charge in [0.15, 0.2) is 0 Å². The molecule has 2 N–H and O–H groups in total. The quantitative estimate of drug-likeness (QED) is 0.672. The first-order valence-electron chi connectivity index (χ1n) is 4.00. The first kappa shape index (κ1) is 13.4. The molecule has 0 aliphatic heterocycles. The molecule has 0 saturated carbocycles. The summed E-state index contributed by atoms with van der Waals surface area (Å²) in [7, 11) is 0. The van der Waals surface area contributed by atoms with Crippen molar-refractivity contribution in [1.29, 1.82) is 0 Å². The number of primary amides is 1. The van der Waals surface area contributed by atoms with Crippen LogP contribution < -0.4 is 5.73 Å². The second-order valence-electron chi connectivity index (χ2n) is 2.94. The molecule has 1 rings (SSSR count). The predicted molar refractivity (Wildman–Crippen MR) is 54.3 cm³/mol. The Morgan fingerprint density at radius 1 is 1.41 bits per heavy atom. The fraction of sp³-hybridized carbons (Fsp3) is 0.125. The second-order valence-corrected chi connectivity index (χ2v) is 3.74. The van der Waals surface area contributed by atoms with Crippen molar-refractivity contribution in [3.8, 4) is 0 Å². The summed E-state index contributed by atoms with van der Waals surface area (Å²) in [6, 6.07) is 1.23. The highest BCUT2D eigenvalue weighted by Crippen LogP contribution is 2.40. The van der Waals surface area contributed by atoms with Crippen LogP contribution in [0.4, 0.5) is 18.9 Å². The molecule has 1 amide bonds. The van der Waals surface area contributed by atoms with Crippen LogP contribution in [0.2, 0.25) is 0 Å². The Hall–Kier alpha value is -1.64. The second kappa shape index (κ2) is 4.32. The lowest BCUT2D eigenvalue weighted by molar-refractivity contribution is -0.386. The molecule has 0 unspecified atom stereocenters.